The quantitative estimate of drug-likeness (QED) is 0.777. The molecule has 3 aromatic rings. The summed E-state index contributed by atoms with van der Waals surface area (Å²) in [7, 11) is 1.87. The Morgan fingerprint density at radius 3 is 3.00 bits per heavy atom. The van der Waals surface area contributed by atoms with E-state index < -0.39 is 0 Å². The second-order valence-electron chi connectivity index (χ2n) is 4.64. The Labute approximate surface area is 125 Å². The molecule has 3 rings (SSSR count). The number of hydrogen-bond donors (Lipinski definition) is 2. The van der Waals surface area contributed by atoms with Gasteiger partial charge in [-0.25, -0.2) is 9.78 Å². The first-order valence-electron chi connectivity index (χ1n) is 6.59. The zero-order valence-corrected chi connectivity index (χ0v) is 12.4. The van der Waals surface area contributed by atoms with Gasteiger partial charge in [0.05, 0.1) is 16.4 Å². The van der Waals surface area contributed by atoms with Crippen molar-refractivity contribution in [1.29, 1.82) is 0 Å². The summed E-state index contributed by atoms with van der Waals surface area (Å²) in [5.41, 5.74) is 1.99. The van der Waals surface area contributed by atoms with Crippen LogP contribution in [0.15, 0.2) is 36.7 Å². The number of anilines is 1. The number of amides is 2. The van der Waals surface area contributed by atoms with Crippen molar-refractivity contribution in [1.82, 2.24) is 20.1 Å². The van der Waals surface area contributed by atoms with Gasteiger partial charge in [-0.05, 0) is 24.1 Å². The average Bonchev–Trinajstić information content (AvgIpc) is 3.04. The molecular formula is C14H15N5OS. The van der Waals surface area contributed by atoms with Crippen LogP contribution in [0, 0.1) is 0 Å². The number of aryl methyl sites for hydroxylation is 1. The predicted molar refractivity (Wildman–Crippen MR) is 83.6 cm³/mol. The molecule has 0 fully saturated rings. The first-order chi connectivity index (χ1) is 10.2. The summed E-state index contributed by atoms with van der Waals surface area (Å²) in [6.45, 7) is 0.558. The Morgan fingerprint density at radius 2 is 2.24 bits per heavy atom. The van der Waals surface area contributed by atoms with Gasteiger partial charge in [0.25, 0.3) is 0 Å². The molecule has 0 unspecified atom stereocenters. The lowest BCUT2D eigenvalue weighted by molar-refractivity contribution is 0.252. The molecule has 2 heterocycles. The topological polar surface area (TPSA) is 71.8 Å². The van der Waals surface area contributed by atoms with E-state index in [0.717, 1.165) is 22.2 Å². The number of fused-ring (bicyclic) bond motifs is 1. The van der Waals surface area contributed by atoms with Gasteiger partial charge in [-0.2, -0.15) is 5.10 Å². The molecule has 7 heteroatoms. The number of nitrogens with zero attached hydrogens (tertiary/aromatic N) is 3. The van der Waals surface area contributed by atoms with Gasteiger partial charge in [-0.3, -0.25) is 10.00 Å². The minimum Gasteiger partial charge on any atom is -0.337 e. The van der Waals surface area contributed by atoms with Gasteiger partial charge in [-0.1, -0.05) is 23.5 Å². The van der Waals surface area contributed by atoms with Crippen LogP contribution in [0.2, 0.25) is 0 Å². The molecule has 0 bridgehead atoms. The number of benzene rings is 1. The molecule has 21 heavy (non-hydrogen) atoms. The van der Waals surface area contributed by atoms with Crippen molar-refractivity contribution in [3.8, 4) is 0 Å². The number of aromatic nitrogens is 3. The smallest absolute Gasteiger partial charge is 0.321 e. The molecule has 0 spiro atoms. The number of hydrogen-bond acceptors (Lipinski definition) is 4. The van der Waals surface area contributed by atoms with Crippen LogP contribution in [0.4, 0.5) is 9.93 Å². The molecule has 2 aromatic heterocycles. The Hall–Kier alpha value is -2.41. The SMILES string of the molecule is Cn1cc(CCNC(=O)Nc2nc3ccccc3s2)cn1. The van der Waals surface area contributed by atoms with E-state index in [4.69, 9.17) is 0 Å². The fraction of sp³-hybridized carbons (Fsp3) is 0.214. The number of nitrogens with one attached hydrogen (secondary N) is 2. The van der Waals surface area contributed by atoms with Gasteiger partial charge >= 0.3 is 6.03 Å². The van der Waals surface area contributed by atoms with E-state index in [1.54, 1.807) is 10.9 Å². The maximum absolute atomic E-state index is 11.8. The second kappa shape index (κ2) is 5.92. The van der Waals surface area contributed by atoms with Crippen molar-refractivity contribution >= 4 is 32.7 Å². The van der Waals surface area contributed by atoms with Crippen LogP contribution in [0.1, 0.15) is 5.56 Å². The molecule has 0 aliphatic carbocycles. The lowest BCUT2D eigenvalue weighted by Gasteiger charge is -2.03. The van der Waals surface area contributed by atoms with Crippen LogP contribution >= 0.6 is 11.3 Å². The molecule has 0 saturated heterocycles. The van der Waals surface area contributed by atoms with Crippen molar-refractivity contribution in [3.05, 3.63) is 42.2 Å². The molecule has 0 saturated carbocycles. The highest BCUT2D eigenvalue weighted by Gasteiger charge is 2.07. The lowest BCUT2D eigenvalue weighted by atomic mass is 10.2. The monoisotopic (exact) mass is 301 g/mol. The maximum Gasteiger partial charge on any atom is 0.321 e. The summed E-state index contributed by atoms with van der Waals surface area (Å²) >= 11 is 1.46. The highest BCUT2D eigenvalue weighted by Crippen LogP contribution is 2.25. The molecule has 108 valence electrons. The summed E-state index contributed by atoms with van der Waals surface area (Å²) in [6, 6.07) is 7.56. The third kappa shape index (κ3) is 3.38. The molecule has 2 N–H and O–H groups in total. The number of carbonyl (C=O) groups excluding carboxylic acids is 1. The summed E-state index contributed by atoms with van der Waals surface area (Å²) in [6.07, 6.45) is 4.49. The van der Waals surface area contributed by atoms with Gasteiger partial charge in [0.2, 0.25) is 0 Å². The molecule has 0 aliphatic rings. The molecule has 0 atom stereocenters. The van der Waals surface area contributed by atoms with Crippen molar-refractivity contribution < 1.29 is 4.79 Å². The van der Waals surface area contributed by atoms with Crippen molar-refractivity contribution in [2.24, 2.45) is 7.05 Å². The van der Waals surface area contributed by atoms with E-state index in [1.807, 2.05) is 37.5 Å². The first kappa shape index (κ1) is 13.6. The van der Waals surface area contributed by atoms with Crippen molar-refractivity contribution in [2.75, 3.05) is 11.9 Å². The van der Waals surface area contributed by atoms with E-state index >= 15 is 0 Å². The number of para-hydroxylation sites is 1. The summed E-state index contributed by atoms with van der Waals surface area (Å²) in [5.74, 6) is 0. The maximum atomic E-state index is 11.8. The Balaban J connectivity index is 1.51. The Kier molecular flexibility index (Phi) is 3.83. The van der Waals surface area contributed by atoms with Crippen molar-refractivity contribution in [3.63, 3.8) is 0 Å². The molecular weight excluding hydrogens is 286 g/mol. The number of rotatable bonds is 4. The summed E-state index contributed by atoms with van der Waals surface area (Å²) < 4.78 is 2.81. The second-order valence-corrected chi connectivity index (χ2v) is 5.67. The normalized spacial score (nSPS) is 10.7. The van der Waals surface area contributed by atoms with Gasteiger partial charge in [0.1, 0.15) is 0 Å². The van der Waals surface area contributed by atoms with Gasteiger partial charge in [-0.15, -0.1) is 0 Å². The van der Waals surface area contributed by atoms with Gasteiger partial charge in [0, 0.05) is 19.8 Å². The van der Waals surface area contributed by atoms with Crippen LogP contribution in [0.3, 0.4) is 0 Å². The molecule has 1 aromatic carbocycles. The Morgan fingerprint density at radius 1 is 1.38 bits per heavy atom. The standard InChI is InChI=1S/C14H15N5OS/c1-19-9-10(8-16-19)6-7-15-13(20)18-14-17-11-4-2-3-5-12(11)21-14/h2-5,8-9H,6-7H2,1H3,(H2,15,17,18,20). The molecule has 0 aliphatic heterocycles. The summed E-state index contributed by atoms with van der Waals surface area (Å²) in [5, 5.41) is 10.3. The third-order valence-corrected chi connectivity index (χ3v) is 3.92. The van der Waals surface area contributed by atoms with Crippen LogP contribution < -0.4 is 10.6 Å². The minimum absolute atomic E-state index is 0.238. The number of thiazole rings is 1. The van der Waals surface area contributed by atoms with Crippen LogP contribution in [0.25, 0.3) is 10.2 Å². The highest BCUT2D eigenvalue weighted by atomic mass is 32.1. The van der Waals surface area contributed by atoms with Gasteiger partial charge in [0.15, 0.2) is 5.13 Å². The summed E-state index contributed by atoms with van der Waals surface area (Å²) in [4.78, 5) is 16.2. The van der Waals surface area contributed by atoms with Gasteiger partial charge < -0.3 is 5.32 Å². The predicted octanol–water partition coefficient (Wildman–Crippen LogP) is 2.39. The van der Waals surface area contributed by atoms with E-state index in [9.17, 15) is 4.79 Å². The zero-order chi connectivity index (χ0) is 14.7. The van der Waals surface area contributed by atoms with E-state index in [1.165, 1.54) is 11.3 Å². The fourth-order valence-electron chi connectivity index (χ4n) is 1.99. The first-order valence-corrected chi connectivity index (χ1v) is 7.40. The van der Waals surface area contributed by atoms with E-state index in [-0.39, 0.29) is 6.03 Å². The van der Waals surface area contributed by atoms with E-state index in [0.29, 0.717) is 11.7 Å². The minimum atomic E-state index is -0.238. The zero-order valence-electron chi connectivity index (χ0n) is 11.5. The average molecular weight is 301 g/mol. The molecule has 6 nitrogen and oxygen atoms in total. The van der Waals surface area contributed by atoms with Crippen LogP contribution in [0.5, 0.6) is 0 Å². The number of urea groups is 1. The third-order valence-electron chi connectivity index (χ3n) is 2.97. The largest absolute Gasteiger partial charge is 0.337 e. The molecule has 2 amide bonds. The fourth-order valence-corrected chi connectivity index (χ4v) is 2.85. The highest BCUT2D eigenvalue weighted by molar-refractivity contribution is 7.22. The lowest BCUT2D eigenvalue weighted by Crippen LogP contribution is -2.30. The molecule has 0 radical (unpaired) electrons. The Bertz CT molecular complexity index is 730. The van der Waals surface area contributed by atoms with Crippen LogP contribution in [-0.2, 0) is 13.5 Å². The number of carbonyl (C=O) groups is 1. The van der Waals surface area contributed by atoms with Crippen molar-refractivity contribution in [2.45, 2.75) is 6.42 Å². The van der Waals surface area contributed by atoms with E-state index in [2.05, 4.69) is 20.7 Å². The van der Waals surface area contributed by atoms with Crippen LogP contribution in [-0.4, -0.2) is 27.3 Å².